The lowest BCUT2D eigenvalue weighted by Gasteiger charge is -2.37. The minimum absolute atomic E-state index is 0.0815. The van der Waals surface area contributed by atoms with Crippen molar-refractivity contribution in [3.8, 4) is 5.75 Å². The summed E-state index contributed by atoms with van der Waals surface area (Å²) in [7, 11) is 0. The first kappa shape index (κ1) is 21.7. The third kappa shape index (κ3) is 4.86. The fraction of sp³-hybridized carbons (Fsp3) is 0.480. The van der Waals surface area contributed by atoms with Gasteiger partial charge in [-0.3, -0.25) is 9.69 Å². The molecule has 2 aliphatic heterocycles. The lowest BCUT2D eigenvalue weighted by molar-refractivity contribution is -0.116. The minimum atomic E-state index is -0.528. The van der Waals surface area contributed by atoms with Crippen LogP contribution in [0.3, 0.4) is 0 Å². The molecule has 4 rings (SSSR count). The number of aliphatic hydroxyl groups is 1. The SMILES string of the molecule is CCOc1ccccc1N1CCN(C[C@H](O)c2ccc3c(c2)CCCN3C(C)=O)CC1. The lowest BCUT2D eigenvalue weighted by atomic mass is 9.97. The van der Waals surface area contributed by atoms with Gasteiger partial charge in [-0.2, -0.15) is 0 Å². The van der Waals surface area contributed by atoms with Crippen LogP contribution in [0.5, 0.6) is 5.75 Å². The van der Waals surface area contributed by atoms with E-state index in [1.165, 1.54) is 0 Å². The van der Waals surface area contributed by atoms with Crippen molar-refractivity contribution in [2.75, 3.05) is 55.7 Å². The Morgan fingerprint density at radius 1 is 1.06 bits per heavy atom. The second-order valence-corrected chi connectivity index (χ2v) is 8.37. The van der Waals surface area contributed by atoms with E-state index in [1.54, 1.807) is 6.92 Å². The fourth-order valence-corrected chi connectivity index (χ4v) is 4.67. The summed E-state index contributed by atoms with van der Waals surface area (Å²) in [4.78, 5) is 18.4. The van der Waals surface area contributed by atoms with Crippen LogP contribution in [0.25, 0.3) is 0 Å². The van der Waals surface area contributed by atoms with Crippen molar-refractivity contribution < 1.29 is 14.6 Å². The number of hydrogen-bond acceptors (Lipinski definition) is 5. The highest BCUT2D eigenvalue weighted by atomic mass is 16.5. The largest absolute Gasteiger partial charge is 0.492 e. The molecule has 1 N–H and O–H groups in total. The summed E-state index contributed by atoms with van der Waals surface area (Å²) in [6.07, 6.45) is 1.40. The highest BCUT2D eigenvalue weighted by Gasteiger charge is 2.24. The smallest absolute Gasteiger partial charge is 0.223 e. The predicted molar refractivity (Wildman–Crippen MR) is 124 cm³/mol. The molecule has 0 radical (unpaired) electrons. The third-order valence-corrected chi connectivity index (χ3v) is 6.30. The van der Waals surface area contributed by atoms with Crippen LogP contribution in [-0.4, -0.2) is 61.8 Å². The number of carbonyl (C=O) groups is 1. The standard InChI is InChI=1S/C25H33N3O3/c1-3-31-25-9-5-4-8-23(25)27-15-13-26(14-16-27)18-24(30)21-10-11-22-20(17-21)7-6-12-28(22)19(2)29/h4-5,8-11,17,24,30H,3,6-7,12-16,18H2,1-2H3/t24-/m0/s1. The van der Waals surface area contributed by atoms with Gasteiger partial charge in [0.2, 0.25) is 5.91 Å². The number of hydrogen-bond donors (Lipinski definition) is 1. The molecule has 2 aliphatic rings. The number of rotatable bonds is 6. The molecule has 1 fully saturated rings. The molecule has 6 heteroatoms. The van der Waals surface area contributed by atoms with Crippen LogP contribution < -0.4 is 14.5 Å². The summed E-state index contributed by atoms with van der Waals surface area (Å²) < 4.78 is 5.79. The van der Waals surface area contributed by atoms with Gasteiger partial charge in [0.05, 0.1) is 18.4 Å². The molecule has 0 aromatic heterocycles. The topological polar surface area (TPSA) is 56.2 Å². The van der Waals surface area contributed by atoms with Crippen molar-refractivity contribution in [2.24, 2.45) is 0 Å². The van der Waals surface area contributed by atoms with Gasteiger partial charge in [-0.1, -0.05) is 24.3 Å². The average Bonchev–Trinajstić information content (AvgIpc) is 2.79. The Balaban J connectivity index is 1.37. The molecule has 6 nitrogen and oxygen atoms in total. The molecule has 2 heterocycles. The second kappa shape index (κ2) is 9.71. The molecule has 0 bridgehead atoms. The third-order valence-electron chi connectivity index (χ3n) is 6.30. The van der Waals surface area contributed by atoms with Crippen LogP contribution in [0.1, 0.15) is 37.5 Å². The summed E-state index contributed by atoms with van der Waals surface area (Å²) in [5.41, 5.74) is 4.24. The number of anilines is 2. The zero-order valence-electron chi connectivity index (χ0n) is 18.6. The van der Waals surface area contributed by atoms with Crippen molar-refractivity contribution >= 4 is 17.3 Å². The molecule has 1 saturated heterocycles. The maximum Gasteiger partial charge on any atom is 0.223 e. The Hall–Kier alpha value is -2.57. The van der Waals surface area contributed by atoms with Gasteiger partial charge >= 0.3 is 0 Å². The summed E-state index contributed by atoms with van der Waals surface area (Å²) >= 11 is 0. The quantitative estimate of drug-likeness (QED) is 0.773. The molecule has 31 heavy (non-hydrogen) atoms. The number of amides is 1. The number of carbonyl (C=O) groups excluding carboxylic acids is 1. The number of fused-ring (bicyclic) bond motifs is 1. The first-order chi connectivity index (χ1) is 15.1. The van der Waals surface area contributed by atoms with Crippen LogP contribution in [0.15, 0.2) is 42.5 Å². The minimum Gasteiger partial charge on any atom is -0.492 e. The normalized spacial score (nSPS) is 17.9. The predicted octanol–water partition coefficient (Wildman–Crippen LogP) is 3.24. The number of ether oxygens (including phenoxy) is 1. The summed E-state index contributed by atoms with van der Waals surface area (Å²) in [5.74, 6) is 1.02. The Labute approximate surface area is 185 Å². The van der Waals surface area contributed by atoms with Gasteiger partial charge in [-0.15, -0.1) is 0 Å². The van der Waals surface area contributed by atoms with Gasteiger partial charge < -0.3 is 19.6 Å². The molecule has 0 aliphatic carbocycles. The monoisotopic (exact) mass is 423 g/mol. The highest BCUT2D eigenvalue weighted by Crippen LogP contribution is 2.31. The Bertz CT molecular complexity index is 909. The van der Waals surface area contributed by atoms with Gasteiger partial charge in [0.15, 0.2) is 0 Å². The van der Waals surface area contributed by atoms with Gasteiger partial charge in [0.1, 0.15) is 5.75 Å². The average molecular weight is 424 g/mol. The number of β-amino-alcohol motifs (C(OH)–C–C–N with tert-alkyl or cyclic N) is 1. The number of nitrogens with zero attached hydrogens (tertiary/aromatic N) is 3. The van der Waals surface area contributed by atoms with Crippen LogP contribution in [0.4, 0.5) is 11.4 Å². The van der Waals surface area contributed by atoms with Gasteiger partial charge in [-0.25, -0.2) is 0 Å². The molecule has 166 valence electrons. The first-order valence-electron chi connectivity index (χ1n) is 11.3. The van der Waals surface area contributed by atoms with E-state index in [0.29, 0.717) is 13.2 Å². The number of aliphatic hydroxyl groups excluding tert-OH is 1. The molecule has 2 aromatic rings. The van der Waals surface area contributed by atoms with E-state index in [-0.39, 0.29) is 5.91 Å². The Kier molecular flexibility index (Phi) is 6.78. The van der Waals surface area contributed by atoms with Crippen LogP contribution in [0.2, 0.25) is 0 Å². The maximum absolute atomic E-state index is 11.9. The fourth-order valence-electron chi connectivity index (χ4n) is 4.67. The van der Waals surface area contributed by atoms with E-state index in [9.17, 15) is 9.90 Å². The number of piperazine rings is 1. The number of para-hydroxylation sites is 2. The van der Waals surface area contributed by atoms with E-state index >= 15 is 0 Å². The molecule has 1 atom stereocenters. The highest BCUT2D eigenvalue weighted by molar-refractivity contribution is 5.92. The van der Waals surface area contributed by atoms with Crippen LogP contribution >= 0.6 is 0 Å². The van der Waals surface area contributed by atoms with Crippen LogP contribution in [0, 0.1) is 0 Å². The first-order valence-corrected chi connectivity index (χ1v) is 11.3. The van der Waals surface area contributed by atoms with E-state index in [4.69, 9.17) is 4.74 Å². The summed E-state index contributed by atoms with van der Waals surface area (Å²) in [5, 5.41) is 10.9. The van der Waals surface area contributed by atoms with E-state index in [1.807, 2.05) is 36.1 Å². The van der Waals surface area contributed by atoms with E-state index < -0.39 is 6.10 Å². The zero-order chi connectivity index (χ0) is 21.8. The van der Waals surface area contributed by atoms with Gasteiger partial charge in [-0.05, 0) is 49.1 Å². The van der Waals surface area contributed by atoms with Crippen molar-refractivity contribution in [3.05, 3.63) is 53.6 Å². The maximum atomic E-state index is 11.9. The van der Waals surface area contributed by atoms with Crippen molar-refractivity contribution in [2.45, 2.75) is 32.8 Å². The molecule has 0 spiro atoms. The second-order valence-electron chi connectivity index (χ2n) is 8.37. The van der Waals surface area contributed by atoms with E-state index in [0.717, 1.165) is 73.8 Å². The Morgan fingerprint density at radius 2 is 1.84 bits per heavy atom. The summed E-state index contributed by atoms with van der Waals surface area (Å²) in [6.45, 7) is 9.31. The van der Waals surface area contributed by atoms with Crippen molar-refractivity contribution in [1.29, 1.82) is 0 Å². The van der Waals surface area contributed by atoms with Gasteiger partial charge in [0, 0.05) is 51.9 Å². The molecule has 2 aromatic carbocycles. The van der Waals surface area contributed by atoms with Crippen molar-refractivity contribution in [3.63, 3.8) is 0 Å². The lowest BCUT2D eigenvalue weighted by Crippen LogP contribution is -2.47. The number of aryl methyl sites for hydroxylation is 1. The van der Waals surface area contributed by atoms with E-state index in [2.05, 4.69) is 28.0 Å². The zero-order valence-corrected chi connectivity index (χ0v) is 18.6. The molecular weight excluding hydrogens is 390 g/mol. The van der Waals surface area contributed by atoms with Crippen LogP contribution in [-0.2, 0) is 11.2 Å². The Morgan fingerprint density at radius 3 is 2.58 bits per heavy atom. The molecule has 1 amide bonds. The molecule has 0 unspecified atom stereocenters. The number of benzene rings is 2. The van der Waals surface area contributed by atoms with Crippen molar-refractivity contribution in [1.82, 2.24) is 4.90 Å². The van der Waals surface area contributed by atoms with Gasteiger partial charge in [0.25, 0.3) is 0 Å². The molecule has 0 saturated carbocycles. The summed E-state index contributed by atoms with van der Waals surface area (Å²) in [6, 6.07) is 14.3. The molecular formula is C25H33N3O3.